The normalized spacial score (nSPS) is 13.9. The Balaban J connectivity index is 1.41. The van der Waals surface area contributed by atoms with Crippen molar-refractivity contribution in [2.24, 2.45) is 0 Å². The van der Waals surface area contributed by atoms with Gasteiger partial charge >= 0.3 is 0 Å². The predicted molar refractivity (Wildman–Crippen MR) is 112 cm³/mol. The van der Waals surface area contributed by atoms with E-state index in [0.717, 1.165) is 43.5 Å². The third-order valence-corrected chi connectivity index (χ3v) is 4.91. The molecule has 28 heavy (non-hydrogen) atoms. The number of nitriles is 1. The highest BCUT2D eigenvalue weighted by molar-refractivity contribution is 5.60. The third kappa shape index (κ3) is 4.04. The minimum absolute atomic E-state index is 0.639. The molecule has 0 saturated carbocycles. The number of rotatable bonds is 4. The molecule has 2 heterocycles. The lowest BCUT2D eigenvalue weighted by Gasteiger charge is -2.36. The van der Waals surface area contributed by atoms with Crippen LogP contribution >= 0.6 is 0 Å². The van der Waals surface area contributed by atoms with Gasteiger partial charge in [0.15, 0.2) is 0 Å². The van der Waals surface area contributed by atoms with Gasteiger partial charge in [-0.15, -0.1) is 0 Å². The van der Waals surface area contributed by atoms with Crippen LogP contribution in [-0.4, -0.2) is 36.1 Å². The van der Waals surface area contributed by atoms with Gasteiger partial charge in [-0.3, -0.25) is 0 Å². The molecule has 0 spiro atoms. The van der Waals surface area contributed by atoms with Crippen LogP contribution in [0.2, 0.25) is 0 Å². The average molecular weight is 370 g/mol. The Bertz CT molecular complexity index is 984. The van der Waals surface area contributed by atoms with Crippen LogP contribution in [0.25, 0.3) is 0 Å². The smallest absolute Gasteiger partial charge is 0.135 e. The molecule has 6 nitrogen and oxygen atoms in total. The van der Waals surface area contributed by atoms with Gasteiger partial charge in [0.1, 0.15) is 18.0 Å². The number of piperazine rings is 1. The molecule has 1 aliphatic heterocycles. The highest BCUT2D eigenvalue weighted by Crippen LogP contribution is 2.22. The number of nitrogens with one attached hydrogen (secondary N) is 1. The second-order valence-electron chi connectivity index (χ2n) is 6.89. The number of aromatic nitrogens is 2. The molecule has 0 aliphatic carbocycles. The zero-order chi connectivity index (χ0) is 19.3. The maximum atomic E-state index is 8.90. The van der Waals surface area contributed by atoms with Crippen molar-refractivity contribution in [3.8, 4) is 6.07 Å². The Labute approximate surface area is 165 Å². The second-order valence-corrected chi connectivity index (χ2v) is 6.89. The van der Waals surface area contributed by atoms with Crippen molar-refractivity contribution in [1.29, 1.82) is 5.26 Å². The highest BCUT2D eigenvalue weighted by Gasteiger charge is 2.18. The lowest BCUT2D eigenvalue weighted by atomic mass is 10.2. The molecule has 1 fully saturated rings. The summed E-state index contributed by atoms with van der Waals surface area (Å²) in [6, 6.07) is 20.1. The van der Waals surface area contributed by atoms with Gasteiger partial charge in [-0.25, -0.2) is 9.97 Å². The van der Waals surface area contributed by atoms with Gasteiger partial charge in [-0.2, -0.15) is 5.26 Å². The van der Waals surface area contributed by atoms with E-state index in [1.165, 1.54) is 11.3 Å². The predicted octanol–water partition coefficient (Wildman–Crippen LogP) is 3.73. The van der Waals surface area contributed by atoms with Gasteiger partial charge in [0, 0.05) is 43.6 Å². The summed E-state index contributed by atoms with van der Waals surface area (Å²) in [6.07, 6.45) is 1.59. The van der Waals surface area contributed by atoms with Gasteiger partial charge in [0.2, 0.25) is 0 Å². The van der Waals surface area contributed by atoms with Crippen LogP contribution in [0.5, 0.6) is 0 Å². The van der Waals surface area contributed by atoms with E-state index < -0.39 is 0 Å². The Morgan fingerprint density at radius 1 is 0.929 bits per heavy atom. The molecule has 1 saturated heterocycles. The second kappa shape index (κ2) is 7.97. The molecule has 0 unspecified atom stereocenters. The molecule has 1 aliphatic rings. The molecular weight excluding hydrogens is 348 g/mol. The van der Waals surface area contributed by atoms with E-state index in [2.05, 4.69) is 62.3 Å². The van der Waals surface area contributed by atoms with Crippen LogP contribution in [0.15, 0.2) is 60.9 Å². The molecule has 0 amide bonds. The fourth-order valence-electron chi connectivity index (χ4n) is 3.38. The molecule has 0 bridgehead atoms. The van der Waals surface area contributed by atoms with Crippen LogP contribution in [0, 0.1) is 18.3 Å². The van der Waals surface area contributed by atoms with Crippen LogP contribution in [0.4, 0.5) is 23.0 Å². The summed E-state index contributed by atoms with van der Waals surface area (Å²) in [5.74, 6) is 1.67. The van der Waals surface area contributed by atoms with Crippen LogP contribution in [0.1, 0.15) is 11.1 Å². The van der Waals surface area contributed by atoms with Crippen molar-refractivity contribution in [3.63, 3.8) is 0 Å². The molecule has 140 valence electrons. The lowest BCUT2D eigenvalue weighted by Crippen LogP contribution is -2.46. The summed E-state index contributed by atoms with van der Waals surface area (Å²) < 4.78 is 0. The summed E-state index contributed by atoms with van der Waals surface area (Å²) in [5, 5.41) is 12.2. The zero-order valence-corrected chi connectivity index (χ0v) is 15.8. The number of hydrogen-bond donors (Lipinski definition) is 1. The van der Waals surface area contributed by atoms with Gasteiger partial charge < -0.3 is 15.1 Å². The number of anilines is 4. The van der Waals surface area contributed by atoms with Crippen molar-refractivity contribution < 1.29 is 0 Å². The minimum atomic E-state index is 0.639. The largest absolute Gasteiger partial charge is 0.368 e. The van der Waals surface area contributed by atoms with Crippen molar-refractivity contribution in [3.05, 3.63) is 72.1 Å². The van der Waals surface area contributed by atoms with Crippen LogP contribution in [-0.2, 0) is 0 Å². The summed E-state index contributed by atoms with van der Waals surface area (Å²) in [5.41, 5.74) is 4.10. The quantitative estimate of drug-likeness (QED) is 0.755. The average Bonchev–Trinajstić information content (AvgIpc) is 2.75. The number of hydrogen-bond acceptors (Lipinski definition) is 6. The van der Waals surface area contributed by atoms with Crippen molar-refractivity contribution >= 4 is 23.0 Å². The van der Waals surface area contributed by atoms with E-state index >= 15 is 0 Å². The number of nitrogens with zero attached hydrogens (tertiary/aromatic N) is 5. The topological polar surface area (TPSA) is 68.1 Å². The SMILES string of the molecule is Cc1cccc(N2CCN(c3cc(Nc4ccc(C#N)cc4)ncn3)CC2)c1. The van der Waals surface area contributed by atoms with E-state index in [1.54, 1.807) is 18.5 Å². The molecule has 1 N–H and O–H groups in total. The molecular formula is C22H22N6. The summed E-state index contributed by atoms with van der Waals surface area (Å²) in [7, 11) is 0. The van der Waals surface area contributed by atoms with Crippen LogP contribution in [0.3, 0.4) is 0 Å². The first-order valence-electron chi connectivity index (χ1n) is 9.37. The fraction of sp³-hybridized carbons (Fsp3) is 0.227. The Morgan fingerprint density at radius 3 is 2.39 bits per heavy atom. The molecule has 1 aromatic heterocycles. The van der Waals surface area contributed by atoms with Gasteiger partial charge in [-0.1, -0.05) is 12.1 Å². The van der Waals surface area contributed by atoms with Crippen molar-refractivity contribution in [2.75, 3.05) is 41.3 Å². The first-order valence-corrected chi connectivity index (χ1v) is 9.37. The molecule has 3 aromatic rings. The number of benzene rings is 2. The molecule has 6 heteroatoms. The standard InChI is InChI=1S/C22H22N6/c1-17-3-2-4-20(13-17)27-9-11-28(12-10-27)22-14-21(24-16-25-22)26-19-7-5-18(15-23)6-8-19/h2-8,13-14,16H,9-12H2,1H3,(H,24,25,26). The first-order chi connectivity index (χ1) is 13.7. The Hall–Kier alpha value is -3.59. The van der Waals surface area contributed by atoms with E-state index in [4.69, 9.17) is 5.26 Å². The van der Waals surface area contributed by atoms with Crippen molar-refractivity contribution in [1.82, 2.24) is 9.97 Å². The summed E-state index contributed by atoms with van der Waals surface area (Å²) in [4.78, 5) is 13.5. The van der Waals surface area contributed by atoms with Gasteiger partial charge in [0.25, 0.3) is 0 Å². The van der Waals surface area contributed by atoms with E-state index in [1.807, 2.05) is 18.2 Å². The highest BCUT2D eigenvalue weighted by atomic mass is 15.3. The molecule has 0 radical (unpaired) electrons. The Kier molecular flexibility index (Phi) is 5.07. The monoisotopic (exact) mass is 370 g/mol. The molecule has 0 atom stereocenters. The Morgan fingerprint density at radius 2 is 1.68 bits per heavy atom. The van der Waals surface area contributed by atoms with E-state index in [-0.39, 0.29) is 0 Å². The van der Waals surface area contributed by atoms with E-state index in [9.17, 15) is 0 Å². The first kappa shape index (κ1) is 17.8. The summed E-state index contributed by atoms with van der Waals surface area (Å²) >= 11 is 0. The zero-order valence-electron chi connectivity index (χ0n) is 15.8. The maximum Gasteiger partial charge on any atom is 0.135 e. The third-order valence-electron chi connectivity index (χ3n) is 4.91. The fourth-order valence-corrected chi connectivity index (χ4v) is 3.38. The van der Waals surface area contributed by atoms with Gasteiger partial charge in [0.05, 0.1) is 11.6 Å². The molecule has 2 aromatic carbocycles. The summed E-state index contributed by atoms with van der Waals surface area (Å²) in [6.45, 7) is 5.89. The van der Waals surface area contributed by atoms with Crippen molar-refractivity contribution in [2.45, 2.75) is 6.92 Å². The maximum absolute atomic E-state index is 8.90. The minimum Gasteiger partial charge on any atom is -0.368 e. The molecule has 4 rings (SSSR count). The lowest BCUT2D eigenvalue weighted by molar-refractivity contribution is 0.647. The van der Waals surface area contributed by atoms with Gasteiger partial charge in [-0.05, 0) is 48.9 Å². The van der Waals surface area contributed by atoms with E-state index in [0.29, 0.717) is 5.56 Å². The number of aryl methyl sites for hydroxylation is 1. The van der Waals surface area contributed by atoms with Crippen LogP contribution < -0.4 is 15.1 Å².